The Hall–Kier alpha value is -2.16. The predicted molar refractivity (Wildman–Crippen MR) is 118 cm³/mol. The maximum absolute atomic E-state index is 13.5. The van der Waals surface area contributed by atoms with Crippen molar-refractivity contribution in [2.24, 2.45) is 5.92 Å². The van der Waals surface area contributed by atoms with Crippen LogP contribution in [-0.4, -0.2) is 22.0 Å². The second-order valence-corrected chi connectivity index (χ2v) is 10.2. The number of carbonyl (C=O) groups is 2. The van der Waals surface area contributed by atoms with Crippen LogP contribution in [-0.2, 0) is 9.59 Å². The van der Waals surface area contributed by atoms with Crippen molar-refractivity contribution < 1.29 is 9.59 Å². The molecule has 3 atom stereocenters. The van der Waals surface area contributed by atoms with E-state index < -0.39 is 11.2 Å². The van der Waals surface area contributed by atoms with Crippen LogP contribution in [0.25, 0.3) is 0 Å². The van der Waals surface area contributed by atoms with Gasteiger partial charge in [-0.15, -0.1) is 0 Å². The van der Waals surface area contributed by atoms with Gasteiger partial charge in [-0.2, -0.15) is 0 Å². The van der Waals surface area contributed by atoms with Gasteiger partial charge in [0.1, 0.15) is 5.25 Å². The number of hydrogen-bond acceptors (Lipinski definition) is 5. The lowest BCUT2D eigenvalue weighted by Crippen LogP contribution is -2.32. The van der Waals surface area contributed by atoms with Crippen molar-refractivity contribution in [2.45, 2.75) is 23.1 Å². The van der Waals surface area contributed by atoms with Crippen LogP contribution < -0.4 is 9.77 Å². The molecule has 2 aliphatic rings. The quantitative estimate of drug-likeness (QED) is 0.548. The molecule has 2 aromatic carbocycles. The molecule has 1 fully saturated rings. The number of aromatic nitrogens is 1. The molecule has 0 radical (unpaired) electrons. The van der Waals surface area contributed by atoms with Crippen LogP contribution in [0.2, 0.25) is 0 Å². The number of thiazole rings is 1. The highest BCUT2D eigenvalue weighted by Gasteiger charge is 2.56. The van der Waals surface area contributed by atoms with Crippen molar-refractivity contribution in [3.63, 3.8) is 0 Å². The third-order valence-electron chi connectivity index (χ3n) is 5.43. The van der Waals surface area contributed by atoms with Crippen LogP contribution in [0.5, 0.6) is 0 Å². The number of aromatic amines is 1. The Morgan fingerprint density at radius 1 is 1.00 bits per heavy atom. The van der Waals surface area contributed by atoms with Crippen LogP contribution in [0.1, 0.15) is 21.9 Å². The van der Waals surface area contributed by atoms with Gasteiger partial charge >= 0.3 is 4.87 Å². The van der Waals surface area contributed by atoms with E-state index in [4.69, 9.17) is 0 Å². The Labute approximate surface area is 183 Å². The zero-order valence-electron chi connectivity index (χ0n) is 15.2. The van der Waals surface area contributed by atoms with Crippen molar-refractivity contribution >= 4 is 56.5 Å². The molecule has 5 nitrogen and oxygen atoms in total. The molecule has 146 valence electrons. The SMILES string of the molecule is Cc1ccccc1[C@@H]1c2sc(=O)[nH]c2S[C@H]2C(=O)N(c3ccc(Br)cc3)C(=O)[C@@H]12. The highest BCUT2D eigenvalue weighted by molar-refractivity contribution is 9.10. The molecule has 1 aromatic heterocycles. The first kappa shape index (κ1) is 18.8. The zero-order valence-corrected chi connectivity index (χ0v) is 18.4. The fraction of sp³-hybridized carbons (Fsp3) is 0.190. The molecule has 8 heteroatoms. The number of aryl methyl sites for hydroxylation is 1. The van der Waals surface area contributed by atoms with E-state index >= 15 is 0 Å². The van der Waals surface area contributed by atoms with E-state index in [2.05, 4.69) is 20.9 Å². The molecule has 0 bridgehead atoms. The highest BCUT2D eigenvalue weighted by atomic mass is 79.9. The first-order valence-electron chi connectivity index (χ1n) is 9.04. The molecule has 2 aliphatic heterocycles. The number of hydrogen-bond donors (Lipinski definition) is 1. The number of rotatable bonds is 2. The van der Waals surface area contributed by atoms with Gasteiger partial charge in [-0.05, 0) is 42.3 Å². The van der Waals surface area contributed by atoms with Gasteiger partial charge in [0.25, 0.3) is 0 Å². The summed E-state index contributed by atoms with van der Waals surface area (Å²) in [5.41, 5.74) is 2.59. The fourth-order valence-corrected chi connectivity index (χ4v) is 6.90. The third kappa shape index (κ3) is 2.93. The third-order valence-corrected chi connectivity index (χ3v) is 8.36. The summed E-state index contributed by atoms with van der Waals surface area (Å²) in [6, 6.07) is 15.0. The zero-order chi connectivity index (χ0) is 20.3. The van der Waals surface area contributed by atoms with Crippen molar-refractivity contribution in [3.8, 4) is 0 Å². The van der Waals surface area contributed by atoms with Crippen LogP contribution in [0.4, 0.5) is 5.69 Å². The van der Waals surface area contributed by atoms with Crippen molar-refractivity contribution in [3.05, 3.63) is 78.7 Å². The van der Waals surface area contributed by atoms with E-state index in [1.54, 1.807) is 12.1 Å². The van der Waals surface area contributed by atoms with Gasteiger partial charge in [0.15, 0.2) is 0 Å². The van der Waals surface area contributed by atoms with Gasteiger partial charge in [0.05, 0.1) is 16.6 Å². The predicted octanol–water partition coefficient (Wildman–Crippen LogP) is 4.30. The first-order chi connectivity index (χ1) is 14.0. The fourth-order valence-electron chi connectivity index (χ4n) is 4.13. The lowest BCUT2D eigenvalue weighted by Gasteiger charge is -2.30. The summed E-state index contributed by atoms with van der Waals surface area (Å²) < 4.78 is 0.879. The number of halogens is 1. The molecule has 3 heterocycles. The number of anilines is 1. The average molecular weight is 487 g/mol. The Morgan fingerprint density at radius 3 is 2.45 bits per heavy atom. The van der Waals surface area contributed by atoms with Crippen molar-refractivity contribution in [2.75, 3.05) is 4.90 Å². The molecule has 0 unspecified atom stereocenters. The monoisotopic (exact) mass is 486 g/mol. The largest absolute Gasteiger partial charge is 0.307 e. The van der Waals surface area contributed by atoms with Gasteiger partial charge in [-0.3, -0.25) is 14.4 Å². The van der Waals surface area contributed by atoms with Gasteiger partial charge < -0.3 is 4.98 Å². The van der Waals surface area contributed by atoms with E-state index in [0.29, 0.717) is 10.7 Å². The van der Waals surface area contributed by atoms with Crippen LogP contribution in [0, 0.1) is 12.8 Å². The number of imide groups is 1. The normalized spacial score (nSPS) is 23.2. The molecular formula is C21H15BrN2O3S2. The van der Waals surface area contributed by atoms with Gasteiger partial charge in [-0.25, -0.2) is 4.90 Å². The maximum Gasteiger partial charge on any atom is 0.305 e. The van der Waals surface area contributed by atoms with Gasteiger partial charge in [0, 0.05) is 15.3 Å². The summed E-state index contributed by atoms with van der Waals surface area (Å²) in [6.45, 7) is 1.99. The number of amides is 2. The standard InChI is InChI=1S/C21H15BrN2O3S2/c1-10-4-2-3-5-13(10)14-15-17(28-18-16(14)29-21(27)23-18)20(26)24(19(15)25)12-8-6-11(22)7-9-12/h2-9,14-15,17H,1H3,(H,23,27)/t14-,15-,17+/m0/s1. The number of nitrogens with one attached hydrogen (secondary N) is 1. The molecule has 1 saturated heterocycles. The summed E-state index contributed by atoms with van der Waals surface area (Å²) >= 11 is 5.82. The van der Waals surface area contributed by atoms with Crippen LogP contribution >= 0.6 is 39.0 Å². The van der Waals surface area contributed by atoms with E-state index in [1.165, 1.54) is 16.7 Å². The van der Waals surface area contributed by atoms with Crippen LogP contribution in [0.3, 0.4) is 0 Å². The van der Waals surface area contributed by atoms with E-state index in [-0.39, 0.29) is 22.6 Å². The summed E-state index contributed by atoms with van der Waals surface area (Å²) in [4.78, 5) is 43.8. The molecule has 5 rings (SSSR count). The molecular weight excluding hydrogens is 472 g/mol. The van der Waals surface area contributed by atoms with Crippen molar-refractivity contribution in [1.29, 1.82) is 0 Å². The average Bonchev–Trinajstić information content (AvgIpc) is 3.19. The molecule has 3 aromatic rings. The number of thioether (sulfide) groups is 1. The molecule has 0 spiro atoms. The molecule has 29 heavy (non-hydrogen) atoms. The molecule has 0 saturated carbocycles. The Morgan fingerprint density at radius 2 is 1.72 bits per heavy atom. The second-order valence-electron chi connectivity index (χ2n) is 7.09. The molecule has 0 aliphatic carbocycles. The van der Waals surface area contributed by atoms with Crippen molar-refractivity contribution in [1.82, 2.24) is 4.98 Å². The number of carbonyl (C=O) groups excluding carboxylic acids is 2. The maximum atomic E-state index is 13.5. The number of H-pyrrole nitrogens is 1. The Bertz CT molecular complexity index is 1200. The molecule has 2 amide bonds. The number of benzene rings is 2. The summed E-state index contributed by atoms with van der Waals surface area (Å²) in [5.74, 6) is -1.31. The minimum absolute atomic E-state index is 0.161. The highest BCUT2D eigenvalue weighted by Crippen LogP contribution is 2.53. The molecule has 1 N–H and O–H groups in total. The summed E-state index contributed by atoms with van der Waals surface area (Å²) in [5, 5.41) is 0.141. The second kappa shape index (κ2) is 6.97. The number of fused-ring (bicyclic) bond motifs is 2. The number of nitrogens with zero attached hydrogens (tertiary/aromatic N) is 1. The topological polar surface area (TPSA) is 70.2 Å². The van der Waals surface area contributed by atoms with Crippen LogP contribution in [0.15, 0.2) is 62.8 Å². The van der Waals surface area contributed by atoms with E-state index in [9.17, 15) is 14.4 Å². The first-order valence-corrected chi connectivity index (χ1v) is 11.5. The Balaban J connectivity index is 1.67. The minimum atomic E-state index is -0.562. The smallest absolute Gasteiger partial charge is 0.305 e. The minimum Gasteiger partial charge on any atom is -0.307 e. The van der Waals surface area contributed by atoms with E-state index in [1.807, 2.05) is 43.3 Å². The van der Waals surface area contributed by atoms with Gasteiger partial charge in [-0.1, -0.05) is 63.3 Å². The Kier molecular flexibility index (Phi) is 4.53. The lowest BCUT2D eigenvalue weighted by atomic mass is 9.81. The summed E-state index contributed by atoms with van der Waals surface area (Å²) in [7, 11) is 0. The van der Waals surface area contributed by atoms with E-state index in [0.717, 1.165) is 31.8 Å². The van der Waals surface area contributed by atoms with Gasteiger partial charge in [0.2, 0.25) is 11.8 Å². The lowest BCUT2D eigenvalue weighted by molar-refractivity contribution is -0.122. The summed E-state index contributed by atoms with van der Waals surface area (Å²) in [6.07, 6.45) is 0.